The van der Waals surface area contributed by atoms with E-state index in [4.69, 9.17) is 5.84 Å². The van der Waals surface area contributed by atoms with E-state index >= 15 is 0 Å². The van der Waals surface area contributed by atoms with Gasteiger partial charge in [-0.05, 0) is 48.9 Å². The second-order valence-corrected chi connectivity index (χ2v) is 4.58. The quantitative estimate of drug-likeness (QED) is 0.410. The van der Waals surface area contributed by atoms with Crippen molar-refractivity contribution >= 4 is 5.91 Å². The zero-order valence-corrected chi connectivity index (χ0v) is 11.1. The van der Waals surface area contributed by atoms with Gasteiger partial charge < -0.3 is 5.11 Å². The van der Waals surface area contributed by atoms with E-state index in [1.165, 1.54) is 0 Å². The number of aryl methyl sites for hydroxylation is 3. The molecule has 0 saturated carbocycles. The fourth-order valence-electron chi connectivity index (χ4n) is 1.95. The van der Waals surface area contributed by atoms with E-state index in [-0.39, 0.29) is 5.91 Å². The number of phenolic OH excluding ortho intramolecular Hbond substituents is 1. The summed E-state index contributed by atoms with van der Waals surface area (Å²) >= 11 is 0. The summed E-state index contributed by atoms with van der Waals surface area (Å²) in [6, 6.07) is 3.78. The molecule has 1 aromatic rings. The Labute approximate surface area is 108 Å². The van der Waals surface area contributed by atoms with E-state index in [0.29, 0.717) is 18.6 Å². The fourth-order valence-corrected chi connectivity index (χ4v) is 1.95. The second kappa shape index (κ2) is 7.01. The van der Waals surface area contributed by atoms with Gasteiger partial charge in [-0.1, -0.05) is 19.4 Å². The number of hydrazine groups is 1. The predicted molar refractivity (Wildman–Crippen MR) is 72.1 cm³/mol. The highest BCUT2D eigenvalue weighted by Crippen LogP contribution is 2.24. The minimum Gasteiger partial charge on any atom is -0.508 e. The lowest BCUT2D eigenvalue weighted by molar-refractivity contribution is -0.121. The molecule has 18 heavy (non-hydrogen) atoms. The highest BCUT2D eigenvalue weighted by atomic mass is 16.3. The number of rotatable bonds is 6. The summed E-state index contributed by atoms with van der Waals surface area (Å²) in [5.41, 5.74) is 5.24. The SMILES string of the molecule is CCCCc1cc(O)c(C)cc1CCC(=O)NN. The third-order valence-electron chi connectivity index (χ3n) is 3.10. The monoisotopic (exact) mass is 250 g/mol. The van der Waals surface area contributed by atoms with Gasteiger partial charge in [0.2, 0.25) is 5.91 Å². The van der Waals surface area contributed by atoms with Crippen LogP contribution >= 0.6 is 0 Å². The van der Waals surface area contributed by atoms with E-state index in [1.54, 1.807) is 0 Å². The van der Waals surface area contributed by atoms with Crippen molar-refractivity contribution in [2.45, 2.75) is 46.0 Å². The first kappa shape index (κ1) is 14.5. The topological polar surface area (TPSA) is 75.3 Å². The number of nitrogens with one attached hydrogen (secondary N) is 1. The lowest BCUT2D eigenvalue weighted by Gasteiger charge is -2.11. The lowest BCUT2D eigenvalue weighted by Crippen LogP contribution is -2.30. The van der Waals surface area contributed by atoms with Crippen LogP contribution in [0.1, 0.15) is 42.9 Å². The summed E-state index contributed by atoms with van der Waals surface area (Å²) in [5, 5.41) is 9.75. The van der Waals surface area contributed by atoms with Crippen molar-refractivity contribution < 1.29 is 9.90 Å². The largest absolute Gasteiger partial charge is 0.508 e. The highest BCUT2D eigenvalue weighted by molar-refractivity contribution is 5.75. The van der Waals surface area contributed by atoms with E-state index in [9.17, 15) is 9.90 Å². The van der Waals surface area contributed by atoms with Crippen molar-refractivity contribution in [1.29, 1.82) is 0 Å². The zero-order chi connectivity index (χ0) is 13.5. The normalized spacial score (nSPS) is 10.4. The second-order valence-electron chi connectivity index (χ2n) is 4.58. The van der Waals surface area contributed by atoms with Gasteiger partial charge in [0.1, 0.15) is 5.75 Å². The molecule has 1 amide bonds. The molecule has 0 saturated heterocycles. The molecule has 0 unspecified atom stereocenters. The summed E-state index contributed by atoms with van der Waals surface area (Å²) < 4.78 is 0. The molecule has 4 nitrogen and oxygen atoms in total. The van der Waals surface area contributed by atoms with Crippen LogP contribution in [0.5, 0.6) is 5.75 Å². The zero-order valence-electron chi connectivity index (χ0n) is 11.1. The summed E-state index contributed by atoms with van der Waals surface area (Å²) in [5.74, 6) is 5.23. The van der Waals surface area contributed by atoms with E-state index in [0.717, 1.165) is 36.0 Å². The average molecular weight is 250 g/mol. The van der Waals surface area contributed by atoms with E-state index < -0.39 is 0 Å². The van der Waals surface area contributed by atoms with Crippen molar-refractivity contribution in [3.63, 3.8) is 0 Å². The first-order valence-corrected chi connectivity index (χ1v) is 6.39. The number of hydrogen-bond donors (Lipinski definition) is 3. The Kier molecular flexibility index (Phi) is 5.65. The molecule has 4 N–H and O–H groups in total. The van der Waals surface area contributed by atoms with E-state index in [1.807, 2.05) is 19.1 Å². The van der Waals surface area contributed by atoms with Crippen molar-refractivity contribution in [1.82, 2.24) is 5.43 Å². The van der Waals surface area contributed by atoms with Gasteiger partial charge in [-0.3, -0.25) is 10.2 Å². The lowest BCUT2D eigenvalue weighted by atomic mass is 9.96. The average Bonchev–Trinajstić information content (AvgIpc) is 2.37. The smallest absolute Gasteiger partial charge is 0.234 e. The van der Waals surface area contributed by atoms with Gasteiger partial charge in [-0.25, -0.2) is 5.84 Å². The number of unbranched alkanes of at least 4 members (excludes halogenated alkanes) is 1. The van der Waals surface area contributed by atoms with Gasteiger partial charge in [0.25, 0.3) is 0 Å². The van der Waals surface area contributed by atoms with Crippen LogP contribution in [0.25, 0.3) is 0 Å². The van der Waals surface area contributed by atoms with Gasteiger partial charge >= 0.3 is 0 Å². The number of phenols is 1. The minimum atomic E-state index is -0.165. The number of amides is 1. The van der Waals surface area contributed by atoms with Crippen LogP contribution in [-0.2, 0) is 17.6 Å². The number of aromatic hydroxyl groups is 1. The number of benzene rings is 1. The summed E-state index contributed by atoms with van der Waals surface area (Å²) in [6.45, 7) is 4.00. The van der Waals surface area contributed by atoms with Crippen molar-refractivity contribution in [2.75, 3.05) is 0 Å². The maximum atomic E-state index is 11.2. The molecule has 0 aromatic heterocycles. The standard InChI is InChI=1S/C14H22N2O2/c1-3-4-5-11-9-13(17)10(2)8-12(11)6-7-14(18)16-15/h8-9,17H,3-7,15H2,1-2H3,(H,16,18). The maximum absolute atomic E-state index is 11.2. The molecule has 0 fully saturated rings. The molecule has 0 radical (unpaired) electrons. The molecule has 0 heterocycles. The van der Waals surface area contributed by atoms with Gasteiger partial charge in [-0.2, -0.15) is 0 Å². The van der Waals surface area contributed by atoms with Crippen molar-refractivity contribution in [3.8, 4) is 5.75 Å². The molecule has 0 atom stereocenters. The Hall–Kier alpha value is -1.55. The third-order valence-corrected chi connectivity index (χ3v) is 3.10. The molecule has 0 aliphatic heterocycles. The van der Waals surface area contributed by atoms with Crippen LogP contribution < -0.4 is 11.3 Å². The van der Waals surface area contributed by atoms with E-state index in [2.05, 4.69) is 12.3 Å². The molecule has 4 heteroatoms. The summed E-state index contributed by atoms with van der Waals surface area (Å²) in [6.07, 6.45) is 4.16. The molecule has 100 valence electrons. The molecule has 0 spiro atoms. The molecule has 0 aliphatic rings. The van der Waals surface area contributed by atoms with Gasteiger partial charge in [-0.15, -0.1) is 0 Å². The first-order valence-electron chi connectivity index (χ1n) is 6.39. The first-order chi connectivity index (χ1) is 8.58. The molecule has 1 rings (SSSR count). The molecular weight excluding hydrogens is 228 g/mol. The van der Waals surface area contributed by atoms with Crippen LogP contribution in [-0.4, -0.2) is 11.0 Å². The Morgan fingerprint density at radius 1 is 1.33 bits per heavy atom. The molecule has 0 bridgehead atoms. The maximum Gasteiger partial charge on any atom is 0.234 e. The van der Waals surface area contributed by atoms with Crippen LogP contribution in [0.3, 0.4) is 0 Å². The molecule has 0 aliphatic carbocycles. The van der Waals surface area contributed by atoms with Gasteiger partial charge in [0.05, 0.1) is 0 Å². The molecule has 1 aromatic carbocycles. The van der Waals surface area contributed by atoms with Crippen LogP contribution in [0, 0.1) is 6.92 Å². The number of hydrogen-bond acceptors (Lipinski definition) is 3. The number of carbonyl (C=O) groups is 1. The Balaban J connectivity index is 2.85. The van der Waals surface area contributed by atoms with Crippen molar-refractivity contribution in [2.24, 2.45) is 5.84 Å². The highest BCUT2D eigenvalue weighted by Gasteiger charge is 2.08. The van der Waals surface area contributed by atoms with Crippen LogP contribution in [0.4, 0.5) is 0 Å². The number of nitrogens with two attached hydrogens (primary N) is 1. The fraction of sp³-hybridized carbons (Fsp3) is 0.500. The summed E-state index contributed by atoms with van der Waals surface area (Å²) in [4.78, 5) is 11.2. The van der Waals surface area contributed by atoms with Gasteiger partial charge in [0.15, 0.2) is 0 Å². The minimum absolute atomic E-state index is 0.165. The Morgan fingerprint density at radius 3 is 2.61 bits per heavy atom. The number of carbonyl (C=O) groups excluding carboxylic acids is 1. The molecular formula is C14H22N2O2. The Morgan fingerprint density at radius 2 is 2.00 bits per heavy atom. The summed E-state index contributed by atoms with van der Waals surface area (Å²) in [7, 11) is 0. The Bertz CT molecular complexity index is 417. The predicted octanol–water partition coefficient (Wildman–Crippen LogP) is 1.97. The third kappa shape index (κ3) is 4.04. The van der Waals surface area contributed by atoms with Crippen molar-refractivity contribution in [3.05, 3.63) is 28.8 Å². The van der Waals surface area contributed by atoms with Crippen LogP contribution in [0.15, 0.2) is 12.1 Å². The van der Waals surface area contributed by atoms with Crippen LogP contribution in [0.2, 0.25) is 0 Å². The van der Waals surface area contributed by atoms with Gasteiger partial charge in [0, 0.05) is 6.42 Å².